The summed E-state index contributed by atoms with van der Waals surface area (Å²) < 4.78 is 0. The Morgan fingerprint density at radius 3 is 2.41 bits per heavy atom. The normalized spacial score (nSPS) is 13.5. The van der Waals surface area contributed by atoms with E-state index in [2.05, 4.69) is 36.7 Å². The molecule has 1 atom stereocenters. The molecule has 17 heavy (non-hydrogen) atoms. The third kappa shape index (κ3) is 4.35. The largest absolute Gasteiger partial charge is 0.393 e. The van der Waals surface area contributed by atoms with Crippen LogP contribution in [0.2, 0.25) is 0 Å². The Bertz CT molecular complexity index is 338. The first-order valence-electron chi connectivity index (χ1n) is 6.16. The molecule has 0 aliphatic rings. The van der Waals surface area contributed by atoms with Gasteiger partial charge in [-0.15, -0.1) is 0 Å². The van der Waals surface area contributed by atoms with Gasteiger partial charge in [0.05, 0.1) is 6.10 Å². The van der Waals surface area contributed by atoms with Crippen molar-refractivity contribution < 1.29 is 5.11 Å². The zero-order chi connectivity index (χ0) is 13.1. The van der Waals surface area contributed by atoms with Crippen molar-refractivity contribution in [3.8, 4) is 0 Å². The summed E-state index contributed by atoms with van der Waals surface area (Å²) in [5.41, 5.74) is 1.38. The molecule has 1 rings (SSSR count). The van der Waals surface area contributed by atoms with Gasteiger partial charge in [-0.3, -0.25) is 0 Å². The SMILES string of the molecule is CC(O)CCN(C)c1ccc(C(C)(C)C)cn1. The van der Waals surface area contributed by atoms with Crippen LogP contribution in [0.15, 0.2) is 18.3 Å². The maximum Gasteiger partial charge on any atom is 0.128 e. The molecule has 3 nitrogen and oxygen atoms in total. The van der Waals surface area contributed by atoms with Gasteiger partial charge in [0.15, 0.2) is 0 Å². The number of hydrogen-bond donors (Lipinski definition) is 1. The van der Waals surface area contributed by atoms with E-state index in [1.165, 1.54) is 5.56 Å². The predicted molar refractivity (Wildman–Crippen MR) is 72.5 cm³/mol. The van der Waals surface area contributed by atoms with Gasteiger partial charge in [-0.25, -0.2) is 4.98 Å². The van der Waals surface area contributed by atoms with E-state index in [0.717, 1.165) is 18.8 Å². The summed E-state index contributed by atoms with van der Waals surface area (Å²) in [6, 6.07) is 4.17. The summed E-state index contributed by atoms with van der Waals surface area (Å²) in [6.45, 7) is 9.17. The van der Waals surface area contributed by atoms with Crippen LogP contribution in [0.3, 0.4) is 0 Å². The van der Waals surface area contributed by atoms with Crippen LogP contribution in [-0.4, -0.2) is 29.8 Å². The van der Waals surface area contributed by atoms with Crippen LogP contribution in [0.1, 0.15) is 39.7 Å². The quantitative estimate of drug-likeness (QED) is 0.873. The lowest BCUT2D eigenvalue weighted by atomic mass is 9.88. The summed E-state index contributed by atoms with van der Waals surface area (Å²) in [6.07, 6.45) is 2.44. The first-order valence-corrected chi connectivity index (χ1v) is 6.16. The fourth-order valence-corrected chi connectivity index (χ4v) is 1.55. The fourth-order valence-electron chi connectivity index (χ4n) is 1.55. The van der Waals surface area contributed by atoms with E-state index in [-0.39, 0.29) is 11.5 Å². The average Bonchev–Trinajstić information content (AvgIpc) is 2.25. The van der Waals surface area contributed by atoms with Crippen LogP contribution in [0.5, 0.6) is 0 Å². The number of nitrogens with zero attached hydrogens (tertiary/aromatic N) is 2. The standard InChI is InChI=1S/C14H24N2O/c1-11(17)8-9-16(5)13-7-6-12(10-15-13)14(2,3)4/h6-7,10-11,17H,8-9H2,1-5H3. The molecule has 0 spiro atoms. The van der Waals surface area contributed by atoms with Crippen molar-refractivity contribution >= 4 is 5.82 Å². The highest BCUT2D eigenvalue weighted by molar-refractivity contribution is 5.39. The van der Waals surface area contributed by atoms with E-state index in [4.69, 9.17) is 0 Å². The third-order valence-corrected chi connectivity index (χ3v) is 2.89. The van der Waals surface area contributed by atoms with Crippen molar-refractivity contribution in [1.82, 2.24) is 4.98 Å². The predicted octanol–water partition coefficient (Wildman–Crippen LogP) is 2.59. The third-order valence-electron chi connectivity index (χ3n) is 2.89. The average molecular weight is 236 g/mol. The molecule has 0 aliphatic carbocycles. The van der Waals surface area contributed by atoms with Gasteiger partial charge in [0.1, 0.15) is 5.82 Å². The highest BCUT2D eigenvalue weighted by atomic mass is 16.3. The molecule has 0 fully saturated rings. The molecule has 96 valence electrons. The number of hydrogen-bond acceptors (Lipinski definition) is 3. The lowest BCUT2D eigenvalue weighted by molar-refractivity contribution is 0.187. The van der Waals surface area contributed by atoms with Crippen LogP contribution in [-0.2, 0) is 5.41 Å². The van der Waals surface area contributed by atoms with E-state index in [1.54, 1.807) is 0 Å². The molecule has 1 N–H and O–H groups in total. The Kier molecular flexibility index (Phi) is 4.52. The first-order chi connectivity index (χ1) is 7.80. The Morgan fingerprint density at radius 2 is 2.00 bits per heavy atom. The Morgan fingerprint density at radius 1 is 1.35 bits per heavy atom. The molecule has 0 aromatic carbocycles. The maximum atomic E-state index is 9.25. The minimum Gasteiger partial charge on any atom is -0.393 e. The zero-order valence-electron chi connectivity index (χ0n) is 11.6. The summed E-state index contributed by atoms with van der Waals surface area (Å²) in [4.78, 5) is 6.54. The summed E-state index contributed by atoms with van der Waals surface area (Å²) in [7, 11) is 2.00. The monoisotopic (exact) mass is 236 g/mol. The van der Waals surface area contributed by atoms with Crippen LogP contribution < -0.4 is 4.90 Å². The maximum absolute atomic E-state index is 9.25. The van der Waals surface area contributed by atoms with Gasteiger partial charge in [0.2, 0.25) is 0 Å². The topological polar surface area (TPSA) is 36.4 Å². The van der Waals surface area contributed by atoms with Crippen molar-refractivity contribution in [2.75, 3.05) is 18.5 Å². The molecular formula is C14H24N2O. The number of pyridine rings is 1. The second-order valence-corrected chi connectivity index (χ2v) is 5.71. The van der Waals surface area contributed by atoms with Crippen molar-refractivity contribution in [2.24, 2.45) is 0 Å². The summed E-state index contributed by atoms with van der Waals surface area (Å²) >= 11 is 0. The molecule has 0 bridgehead atoms. The molecule has 0 saturated heterocycles. The van der Waals surface area contributed by atoms with E-state index < -0.39 is 0 Å². The van der Waals surface area contributed by atoms with Gasteiger partial charge in [0, 0.05) is 19.8 Å². The molecule has 0 saturated carbocycles. The molecule has 0 aliphatic heterocycles. The second kappa shape index (κ2) is 5.50. The van der Waals surface area contributed by atoms with Crippen molar-refractivity contribution in [1.29, 1.82) is 0 Å². The molecule has 1 unspecified atom stereocenters. The van der Waals surface area contributed by atoms with Crippen LogP contribution >= 0.6 is 0 Å². The highest BCUT2D eigenvalue weighted by Gasteiger charge is 2.14. The van der Waals surface area contributed by atoms with Gasteiger partial charge < -0.3 is 10.0 Å². The smallest absolute Gasteiger partial charge is 0.128 e. The molecule has 1 aromatic heterocycles. The molecular weight excluding hydrogens is 212 g/mol. The summed E-state index contributed by atoms with van der Waals surface area (Å²) in [5.74, 6) is 0.957. The molecule has 0 amide bonds. The lowest BCUT2D eigenvalue weighted by Gasteiger charge is -2.22. The number of aliphatic hydroxyl groups excluding tert-OH is 1. The fraction of sp³-hybridized carbons (Fsp3) is 0.643. The zero-order valence-corrected chi connectivity index (χ0v) is 11.6. The minimum atomic E-state index is -0.258. The number of rotatable bonds is 4. The van der Waals surface area contributed by atoms with Gasteiger partial charge >= 0.3 is 0 Å². The van der Waals surface area contributed by atoms with Gasteiger partial charge in [0.25, 0.3) is 0 Å². The molecule has 1 aromatic rings. The number of aliphatic hydroxyl groups is 1. The van der Waals surface area contributed by atoms with Crippen molar-refractivity contribution in [3.05, 3.63) is 23.9 Å². The summed E-state index contributed by atoms with van der Waals surface area (Å²) in [5, 5.41) is 9.25. The highest BCUT2D eigenvalue weighted by Crippen LogP contribution is 2.22. The molecule has 1 heterocycles. The van der Waals surface area contributed by atoms with E-state index in [0.29, 0.717) is 0 Å². The van der Waals surface area contributed by atoms with Crippen LogP contribution in [0.4, 0.5) is 5.82 Å². The molecule has 3 heteroatoms. The minimum absolute atomic E-state index is 0.143. The Hall–Kier alpha value is -1.09. The Labute approximate surface area is 104 Å². The number of aromatic nitrogens is 1. The number of anilines is 1. The van der Waals surface area contributed by atoms with Crippen molar-refractivity contribution in [2.45, 2.75) is 45.6 Å². The van der Waals surface area contributed by atoms with Gasteiger partial charge in [-0.2, -0.15) is 0 Å². The van der Waals surface area contributed by atoms with E-state index >= 15 is 0 Å². The lowest BCUT2D eigenvalue weighted by Crippen LogP contribution is -2.23. The van der Waals surface area contributed by atoms with Crippen LogP contribution in [0.25, 0.3) is 0 Å². The first kappa shape index (κ1) is 14.0. The second-order valence-electron chi connectivity index (χ2n) is 5.71. The van der Waals surface area contributed by atoms with Crippen LogP contribution in [0, 0.1) is 0 Å². The van der Waals surface area contributed by atoms with E-state index in [1.807, 2.05) is 26.2 Å². The van der Waals surface area contributed by atoms with E-state index in [9.17, 15) is 5.11 Å². The van der Waals surface area contributed by atoms with Gasteiger partial charge in [-0.05, 0) is 30.4 Å². The van der Waals surface area contributed by atoms with Crippen molar-refractivity contribution in [3.63, 3.8) is 0 Å². The Balaban J connectivity index is 2.67. The van der Waals surface area contributed by atoms with Gasteiger partial charge in [-0.1, -0.05) is 26.8 Å². The molecule has 0 radical (unpaired) electrons.